The van der Waals surface area contributed by atoms with Gasteiger partial charge in [-0.2, -0.15) is 0 Å². The number of aromatic amines is 1. The summed E-state index contributed by atoms with van der Waals surface area (Å²) < 4.78 is 2.15. The van der Waals surface area contributed by atoms with Gasteiger partial charge in [0, 0.05) is 36.0 Å². The lowest BCUT2D eigenvalue weighted by Crippen LogP contribution is -2.09. The van der Waals surface area contributed by atoms with Crippen molar-refractivity contribution < 1.29 is 59.4 Å². The summed E-state index contributed by atoms with van der Waals surface area (Å²) in [6.45, 7) is 3.56. The number of nitrogens with one attached hydrogen (secondary N) is 1. The molecule has 0 saturated carbocycles. The van der Waals surface area contributed by atoms with Crippen LogP contribution in [-0.2, 0) is 41.7 Å². The maximum atomic E-state index is 9.10. The van der Waals surface area contributed by atoms with Crippen LogP contribution in [0.2, 0.25) is 0 Å². The Hall–Kier alpha value is -5.25. The van der Waals surface area contributed by atoms with Crippen LogP contribution in [0.25, 0.3) is 10.9 Å². The lowest BCUT2D eigenvalue weighted by atomic mass is 10.1. The molecule has 0 spiro atoms. The van der Waals surface area contributed by atoms with Gasteiger partial charge in [-0.1, -0.05) is 6.07 Å². The number of hydrogen-bond donors (Lipinski definition) is 8. The molecule has 0 aliphatic rings. The molecular formula is C21H24N4O12. The molecule has 0 saturated heterocycles. The minimum atomic E-state index is -1.82. The number of hydrogen-bond acceptors (Lipinski definition) is 8. The van der Waals surface area contributed by atoms with E-state index in [1.165, 1.54) is 22.0 Å². The van der Waals surface area contributed by atoms with Gasteiger partial charge in [0.25, 0.3) is 0 Å². The molecule has 9 N–H and O–H groups in total. The number of imidazole rings is 1. The predicted molar refractivity (Wildman–Crippen MR) is 123 cm³/mol. The molecule has 0 amide bonds. The normalized spacial score (nSPS) is 9.35. The summed E-state index contributed by atoms with van der Waals surface area (Å²) in [4.78, 5) is 62.1. The fourth-order valence-electron chi connectivity index (χ4n) is 2.45. The van der Waals surface area contributed by atoms with Gasteiger partial charge in [-0.05, 0) is 43.1 Å². The third-order valence-electron chi connectivity index (χ3n) is 4.07. The van der Waals surface area contributed by atoms with E-state index >= 15 is 0 Å². The smallest absolute Gasteiger partial charge is 0.414 e. The minimum Gasteiger partial charge on any atom is -0.473 e. The summed E-state index contributed by atoms with van der Waals surface area (Å²) in [5, 5.41) is 45.6. The number of nitrogens with zero attached hydrogens (tertiary/aromatic N) is 2. The van der Waals surface area contributed by atoms with Gasteiger partial charge in [-0.3, -0.25) is 0 Å². The van der Waals surface area contributed by atoms with Crippen LogP contribution in [0.1, 0.15) is 17.0 Å². The number of benzene rings is 1. The summed E-state index contributed by atoms with van der Waals surface area (Å²) in [7, 11) is 0. The van der Waals surface area contributed by atoms with Crippen molar-refractivity contribution in [2.45, 2.75) is 19.9 Å². The van der Waals surface area contributed by atoms with Crippen molar-refractivity contribution >= 4 is 46.7 Å². The Morgan fingerprint density at radius 3 is 1.73 bits per heavy atom. The average Bonchev–Trinajstić information content (AvgIpc) is 3.41. The Balaban J connectivity index is 0.000000594. The van der Waals surface area contributed by atoms with E-state index in [0.29, 0.717) is 6.54 Å². The van der Waals surface area contributed by atoms with Crippen molar-refractivity contribution in [3.8, 4) is 0 Å². The third kappa shape index (κ3) is 12.1. The molecule has 0 radical (unpaired) electrons. The van der Waals surface area contributed by atoms with Gasteiger partial charge in [-0.25, -0.2) is 33.8 Å². The highest BCUT2D eigenvalue weighted by atomic mass is 16.5. The number of carbonyl (C=O) groups is 6. The van der Waals surface area contributed by atoms with E-state index in [1.54, 1.807) is 0 Å². The van der Waals surface area contributed by atoms with Crippen LogP contribution in [0.15, 0.2) is 36.8 Å². The van der Waals surface area contributed by atoms with Gasteiger partial charge >= 0.3 is 35.8 Å². The third-order valence-corrected chi connectivity index (χ3v) is 4.07. The van der Waals surface area contributed by atoms with Crippen LogP contribution >= 0.6 is 0 Å². The van der Waals surface area contributed by atoms with Crippen LogP contribution in [0.4, 0.5) is 0 Å². The summed E-state index contributed by atoms with van der Waals surface area (Å²) in [6.07, 6.45) is 6.82. The molecule has 16 nitrogen and oxygen atoms in total. The van der Waals surface area contributed by atoms with E-state index in [9.17, 15) is 0 Å². The summed E-state index contributed by atoms with van der Waals surface area (Å²) in [5.41, 5.74) is 9.40. The number of aromatic nitrogens is 3. The Morgan fingerprint density at radius 2 is 1.35 bits per heavy atom. The Morgan fingerprint density at radius 1 is 0.865 bits per heavy atom. The van der Waals surface area contributed by atoms with E-state index in [1.807, 2.05) is 19.3 Å². The predicted octanol–water partition coefficient (Wildman–Crippen LogP) is -0.311. The molecule has 200 valence electrons. The number of aryl methyl sites for hydroxylation is 1. The topological polar surface area (TPSA) is 283 Å². The quantitative estimate of drug-likeness (QED) is 0.203. The summed E-state index contributed by atoms with van der Waals surface area (Å²) in [6, 6.07) is 6.54. The number of carboxylic acids is 6. The molecule has 0 atom stereocenters. The number of nitrogens with two attached hydrogens (primary N) is 1. The molecular weight excluding hydrogens is 500 g/mol. The summed E-state index contributed by atoms with van der Waals surface area (Å²) in [5.74, 6) is -9.91. The van der Waals surface area contributed by atoms with Crippen LogP contribution in [-0.4, -0.2) is 87.5 Å². The Kier molecular flexibility index (Phi) is 13.4. The SMILES string of the molecule is Cc1nccn1Cc1ccc2[nH]cc(CCN)c2c1.O=C(O)C(=O)O.O=C(O)C(=O)O.O=C(O)C(=O)O. The molecule has 0 bridgehead atoms. The monoisotopic (exact) mass is 524 g/mol. The van der Waals surface area contributed by atoms with Crippen molar-refractivity contribution in [3.05, 3.63) is 53.7 Å². The second-order valence-electron chi connectivity index (χ2n) is 6.67. The summed E-state index contributed by atoms with van der Waals surface area (Å²) >= 11 is 0. The zero-order valence-corrected chi connectivity index (χ0v) is 19.2. The number of carboxylic acid groups (broad SMARTS) is 6. The van der Waals surface area contributed by atoms with Crippen LogP contribution in [0.3, 0.4) is 0 Å². The van der Waals surface area contributed by atoms with Gasteiger partial charge in [-0.15, -0.1) is 0 Å². The largest absolute Gasteiger partial charge is 0.473 e. The second-order valence-corrected chi connectivity index (χ2v) is 6.67. The van der Waals surface area contributed by atoms with Crippen molar-refractivity contribution in [1.29, 1.82) is 0 Å². The molecule has 3 aromatic rings. The zero-order valence-electron chi connectivity index (χ0n) is 19.2. The minimum absolute atomic E-state index is 0.678. The molecule has 0 unspecified atom stereocenters. The Bertz CT molecular complexity index is 1170. The number of rotatable bonds is 4. The molecule has 1 aromatic carbocycles. The first-order valence-electron chi connectivity index (χ1n) is 9.86. The van der Waals surface area contributed by atoms with E-state index in [0.717, 1.165) is 18.8 Å². The molecule has 0 aliphatic heterocycles. The fourth-order valence-corrected chi connectivity index (χ4v) is 2.45. The molecule has 37 heavy (non-hydrogen) atoms. The van der Waals surface area contributed by atoms with Gasteiger partial charge in [0.1, 0.15) is 5.82 Å². The molecule has 2 heterocycles. The standard InChI is InChI=1S/C15H18N4.3C2H2O4/c1-11-17-6-7-19(11)10-12-2-3-15-14(8-12)13(4-5-16)9-18-15;3*3-1(4)2(5)6/h2-3,6-9,18H,4-5,10,16H2,1H3;3*(H,3,4)(H,5,6). The van der Waals surface area contributed by atoms with E-state index in [-0.39, 0.29) is 0 Å². The molecule has 2 aromatic heterocycles. The first-order chi connectivity index (χ1) is 17.2. The maximum absolute atomic E-state index is 9.10. The van der Waals surface area contributed by atoms with Crippen molar-refractivity contribution in [1.82, 2.24) is 14.5 Å². The highest BCUT2D eigenvalue weighted by molar-refractivity contribution is 6.28. The van der Waals surface area contributed by atoms with E-state index in [4.69, 9.17) is 65.1 Å². The van der Waals surface area contributed by atoms with Crippen LogP contribution in [0.5, 0.6) is 0 Å². The maximum Gasteiger partial charge on any atom is 0.414 e. The Labute approximate surface area is 207 Å². The van der Waals surface area contributed by atoms with E-state index < -0.39 is 35.8 Å². The van der Waals surface area contributed by atoms with Crippen molar-refractivity contribution in [2.24, 2.45) is 5.73 Å². The lowest BCUT2D eigenvalue weighted by molar-refractivity contribution is -0.159. The van der Waals surface area contributed by atoms with Gasteiger partial charge < -0.3 is 45.9 Å². The number of H-pyrrole nitrogens is 1. The number of aliphatic carboxylic acids is 6. The first-order valence-corrected chi connectivity index (χ1v) is 9.86. The van der Waals surface area contributed by atoms with Gasteiger partial charge in [0.2, 0.25) is 0 Å². The fraction of sp³-hybridized carbons (Fsp3) is 0.190. The molecule has 16 heteroatoms. The highest BCUT2D eigenvalue weighted by Crippen LogP contribution is 2.21. The number of fused-ring (bicyclic) bond motifs is 1. The lowest BCUT2D eigenvalue weighted by Gasteiger charge is -2.06. The van der Waals surface area contributed by atoms with Crippen molar-refractivity contribution in [2.75, 3.05) is 6.54 Å². The second kappa shape index (κ2) is 15.6. The van der Waals surface area contributed by atoms with Gasteiger partial charge in [0.05, 0.1) is 0 Å². The molecule has 3 rings (SSSR count). The van der Waals surface area contributed by atoms with Crippen molar-refractivity contribution in [3.63, 3.8) is 0 Å². The average molecular weight is 524 g/mol. The van der Waals surface area contributed by atoms with E-state index in [2.05, 4.69) is 38.9 Å². The zero-order chi connectivity index (χ0) is 28.7. The molecule has 0 fully saturated rings. The highest BCUT2D eigenvalue weighted by Gasteiger charge is 2.06. The van der Waals surface area contributed by atoms with Crippen LogP contribution in [0, 0.1) is 6.92 Å². The molecule has 0 aliphatic carbocycles. The first kappa shape index (κ1) is 31.8. The van der Waals surface area contributed by atoms with Crippen LogP contribution < -0.4 is 5.73 Å². The van der Waals surface area contributed by atoms with Gasteiger partial charge in [0.15, 0.2) is 0 Å².